The molecule has 1 aromatic heterocycles. The van der Waals surface area contributed by atoms with Crippen LogP contribution in [-0.4, -0.2) is 35.0 Å². The summed E-state index contributed by atoms with van der Waals surface area (Å²) in [5.41, 5.74) is 3.22. The molecule has 3 aromatic carbocycles. The Bertz CT molecular complexity index is 1560. The van der Waals surface area contributed by atoms with Crippen LogP contribution in [0.2, 0.25) is 0 Å². The SMILES string of the molecule is C[C@@H](NC(=S)N(Cc1ccc2c(c1)OCO2)Cc1cc2cc3c(cc2[nH]c1=O)OCCO3)c1ccccc1. The van der Waals surface area contributed by atoms with Crippen LogP contribution in [0.3, 0.4) is 0 Å². The van der Waals surface area contributed by atoms with Gasteiger partial charge in [0.25, 0.3) is 5.56 Å². The average Bonchev–Trinajstić information content (AvgIpc) is 3.40. The first-order valence-electron chi connectivity index (χ1n) is 12.5. The fraction of sp³-hybridized carbons (Fsp3) is 0.241. The lowest BCUT2D eigenvalue weighted by Gasteiger charge is -2.28. The Labute approximate surface area is 225 Å². The van der Waals surface area contributed by atoms with Crippen LogP contribution < -0.4 is 29.8 Å². The van der Waals surface area contributed by atoms with Crippen molar-refractivity contribution >= 4 is 28.2 Å². The predicted octanol–water partition coefficient (Wildman–Crippen LogP) is 4.67. The standard InChI is InChI=1S/C29H27N3O5S/c1-18(20-5-3-2-4-6-20)30-29(38)32(15-19-7-8-24-25(11-19)37-17-36-24)16-22-12-21-13-26-27(35-10-9-34-26)14-23(21)31-28(22)33/h2-8,11-14,18H,9-10,15-17H2,1H3,(H,30,38)(H,31,33)/t18-/m1/s1. The van der Waals surface area contributed by atoms with Crippen molar-refractivity contribution in [2.75, 3.05) is 20.0 Å². The third-order valence-corrected chi connectivity index (χ3v) is 7.06. The summed E-state index contributed by atoms with van der Waals surface area (Å²) in [4.78, 5) is 18.1. The molecule has 0 saturated heterocycles. The van der Waals surface area contributed by atoms with E-state index in [1.165, 1.54) is 0 Å². The minimum absolute atomic E-state index is 0.0125. The molecule has 0 fully saturated rings. The van der Waals surface area contributed by atoms with E-state index in [4.69, 9.17) is 31.2 Å². The first kappa shape index (κ1) is 24.1. The number of rotatable bonds is 6. The highest BCUT2D eigenvalue weighted by Crippen LogP contribution is 2.34. The first-order valence-corrected chi connectivity index (χ1v) is 12.9. The summed E-state index contributed by atoms with van der Waals surface area (Å²) >= 11 is 5.88. The number of aromatic amines is 1. The molecular formula is C29H27N3O5S. The van der Waals surface area contributed by atoms with Gasteiger partial charge in [-0.1, -0.05) is 36.4 Å². The van der Waals surface area contributed by atoms with Crippen molar-refractivity contribution in [3.05, 3.63) is 93.8 Å². The summed E-state index contributed by atoms with van der Waals surface area (Å²) in [6.07, 6.45) is 0. The largest absolute Gasteiger partial charge is 0.486 e. The number of H-pyrrole nitrogens is 1. The van der Waals surface area contributed by atoms with Gasteiger partial charge in [0.05, 0.1) is 18.1 Å². The van der Waals surface area contributed by atoms with Crippen molar-refractivity contribution in [2.45, 2.75) is 26.1 Å². The number of fused-ring (bicyclic) bond motifs is 3. The number of nitrogens with zero attached hydrogens (tertiary/aromatic N) is 1. The van der Waals surface area contributed by atoms with Gasteiger partial charge in [-0.3, -0.25) is 4.79 Å². The van der Waals surface area contributed by atoms with Gasteiger partial charge in [0.2, 0.25) is 6.79 Å². The second-order valence-electron chi connectivity index (χ2n) is 9.33. The minimum Gasteiger partial charge on any atom is -0.486 e. The van der Waals surface area contributed by atoms with Crippen LogP contribution in [0.15, 0.2) is 71.5 Å². The maximum absolute atomic E-state index is 13.2. The summed E-state index contributed by atoms with van der Waals surface area (Å²) in [5, 5.41) is 4.85. The van der Waals surface area contributed by atoms with E-state index in [-0.39, 0.29) is 18.4 Å². The van der Waals surface area contributed by atoms with Crippen LogP contribution in [0.4, 0.5) is 0 Å². The fourth-order valence-electron chi connectivity index (χ4n) is 4.67. The van der Waals surface area contributed by atoms with Crippen LogP contribution in [0.1, 0.15) is 29.7 Å². The molecule has 38 heavy (non-hydrogen) atoms. The molecule has 3 heterocycles. The summed E-state index contributed by atoms with van der Waals surface area (Å²) in [7, 11) is 0. The van der Waals surface area contributed by atoms with Gasteiger partial charge < -0.3 is 34.1 Å². The third kappa shape index (κ3) is 4.97. The summed E-state index contributed by atoms with van der Waals surface area (Å²) in [5.74, 6) is 2.73. The molecule has 194 valence electrons. The normalized spacial score (nSPS) is 14.2. The molecule has 0 aliphatic carbocycles. The Hall–Kier alpha value is -4.24. The van der Waals surface area contributed by atoms with E-state index < -0.39 is 0 Å². The quantitative estimate of drug-likeness (QED) is 0.349. The molecule has 9 heteroatoms. The predicted molar refractivity (Wildman–Crippen MR) is 148 cm³/mol. The van der Waals surface area contributed by atoms with Crippen LogP contribution >= 0.6 is 12.2 Å². The first-order chi connectivity index (χ1) is 18.5. The molecular weight excluding hydrogens is 502 g/mol. The Balaban J connectivity index is 1.30. The maximum atomic E-state index is 13.2. The van der Waals surface area contributed by atoms with Crippen molar-refractivity contribution in [2.24, 2.45) is 0 Å². The Kier molecular flexibility index (Phi) is 6.51. The molecule has 6 rings (SSSR count). The number of hydrogen-bond donors (Lipinski definition) is 2. The summed E-state index contributed by atoms with van der Waals surface area (Å²) in [6, 6.07) is 21.5. The number of pyridine rings is 1. The van der Waals surface area contributed by atoms with Crippen LogP contribution in [-0.2, 0) is 13.1 Å². The molecule has 0 bridgehead atoms. The van der Waals surface area contributed by atoms with Gasteiger partial charge in [0.15, 0.2) is 28.1 Å². The summed E-state index contributed by atoms with van der Waals surface area (Å²) < 4.78 is 22.4. The van der Waals surface area contributed by atoms with Crippen molar-refractivity contribution in [1.29, 1.82) is 0 Å². The lowest BCUT2D eigenvalue weighted by molar-refractivity contribution is 0.172. The molecule has 0 spiro atoms. The number of aromatic nitrogens is 1. The monoisotopic (exact) mass is 529 g/mol. The maximum Gasteiger partial charge on any atom is 0.253 e. The Morgan fingerprint density at radius 3 is 2.47 bits per heavy atom. The molecule has 2 aliphatic heterocycles. The van der Waals surface area contributed by atoms with Gasteiger partial charge in [-0.2, -0.15) is 0 Å². The lowest BCUT2D eigenvalue weighted by Crippen LogP contribution is -2.41. The molecule has 0 amide bonds. The van der Waals surface area contributed by atoms with E-state index >= 15 is 0 Å². The van der Waals surface area contributed by atoms with E-state index in [0.717, 1.165) is 22.3 Å². The van der Waals surface area contributed by atoms with E-state index in [0.29, 0.717) is 59.7 Å². The van der Waals surface area contributed by atoms with Gasteiger partial charge in [-0.25, -0.2) is 0 Å². The molecule has 2 aliphatic rings. The zero-order valence-corrected chi connectivity index (χ0v) is 21.7. The van der Waals surface area contributed by atoms with E-state index in [1.54, 1.807) is 0 Å². The van der Waals surface area contributed by atoms with E-state index in [2.05, 4.69) is 29.4 Å². The highest BCUT2D eigenvalue weighted by Gasteiger charge is 2.20. The topological polar surface area (TPSA) is 85.1 Å². The second-order valence-corrected chi connectivity index (χ2v) is 9.72. The molecule has 1 atom stereocenters. The Morgan fingerprint density at radius 1 is 0.921 bits per heavy atom. The fourth-order valence-corrected chi connectivity index (χ4v) is 4.98. The molecule has 4 aromatic rings. The summed E-state index contributed by atoms with van der Waals surface area (Å²) in [6.45, 7) is 4.04. The van der Waals surface area contributed by atoms with Crippen LogP contribution in [0, 0.1) is 0 Å². The van der Waals surface area contributed by atoms with Gasteiger partial charge in [0, 0.05) is 23.6 Å². The van der Waals surface area contributed by atoms with Gasteiger partial charge in [-0.15, -0.1) is 0 Å². The molecule has 2 N–H and O–H groups in total. The zero-order valence-electron chi connectivity index (χ0n) is 20.9. The molecule has 0 saturated carbocycles. The van der Waals surface area contributed by atoms with Gasteiger partial charge in [-0.05, 0) is 54.5 Å². The lowest BCUT2D eigenvalue weighted by atomic mass is 10.1. The molecule has 8 nitrogen and oxygen atoms in total. The van der Waals surface area contributed by atoms with E-state index in [1.807, 2.05) is 59.5 Å². The number of ether oxygens (including phenoxy) is 4. The van der Waals surface area contributed by atoms with Crippen molar-refractivity contribution in [1.82, 2.24) is 15.2 Å². The van der Waals surface area contributed by atoms with Gasteiger partial charge in [0.1, 0.15) is 13.2 Å². The van der Waals surface area contributed by atoms with Crippen molar-refractivity contribution in [3.63, 3.8) is 0 Å². The number of thiocarbonyl (C=S) groups is 1. The van der Waals surface area contributed by atoms with Gasteiger partial charge >= 0.3 is 0 Å². The Morgan fingerprint density at radius 2 is 1.66 bits per heavy atom. The molecule has 0 unspecified atom stereocenters. The van der Waals surface area contributed by atoms with Crippen LogP contribution in [0.25, 0.3) is 10.9 Å². The molecule has 0 radical (unpaired) electrons. The average molecular weight is 530 g/mol. The number of nitrogens with one attached hydrogen (secondary N) is 2. The van der Waals surface area contributed by atoms with Crippen LogP contribution in [0.5, 0.6) is 23.0 Å². The van der Waals surface area contributed by atoms with E-state index in [9.17, 15) is 4.79 Å². The smallest absolute Gasteiger partial charge is 0.253 e. The minimum atomic E-state index is -0.177. The highest BCUT2D eigenvalue weighted by molar-refractivity contribution is 7.80. The second kappa shape index (κ2) is 10.3. The zero-order chi connectivity index (χ0) is 26.1. The number of benzene rings is 3. The van der Waals surface area contributed by atoms with Crippen molar-refractivity contribution < 1.29 is 18.9 Å². The highest BCUT2D eigenvalue weighted by atomic mass is 32.1. The number of hydrogen-bond acceptors (Lipinski definition) is 6. The van der Waals surface area contributed by atoms with Crippen molar-refractivity contribution in [3.8, 4) is 23.0 Å². The third-order valence-electron chi connectivity index (χ3n) is 6.68.